The van der Waals surface area contributed by atoms with Crippen LogP contribution in [0, 0.1) is 5.92 Å². The maximum Gasteiger partial charge on any atom is 0.0622 e. The van der Waals surface area contributed by atoms with Crippen molar-refractivity contribution in [3.05, 3.63) is 0 Å². The number of thioether (sulfide) groups is 1. The molecule has 3 unspecified atom stereocenters. The van der Waals surface area contributed by atoms with Crippen LogP contribution in [-0.4, -0.2) is 54.8 Å². The normalized spacial score (nSPS) is 34.1. The van der Waals surface area contributed by atoms with Crippen LogP contribution in [0.5, 0.6) is 0 Å². The van der Waals surface area contributed by atoms with Crippen LogP contribution < -0.4 is 5.73 Å². The molecule has 0 radical (unpaired) electrons. The van der Waals surface area contributed by atoms with Gasteiger partial charge in [-0.1, -0.05) is 6.92 Å². The summed E-state index contributed by atoms with van der Waals surface area (Å²) in [5.74, 6) is 3.43. The Morgan fingerprint density at radius 1 is 1.56 bits per heavy atom. The molecule has 0 saturated carbocycles. The van der Waals surface area contributed by atoms with Gasteiger partial charge in [-0.3, -0.25) is 4.90 Å². The monoisotopic (exact) mass is 244 g/mol. The summed E-state index contributed by atoms with van der Waals surface area (Å²) in [7, 11) is 0. The second-order valence-corrected chi connectivity index (χ2v) is 5.95. The van der Waals surface area contributed by atoms with Crippen molar-refractivity contribution < 1.29 is 4.74 Å². The van der Waals surface area contributed by atoms with E-state index in [1.807, 2.05) is 0 Å². The molecule has 94 valence electrons. The van der Waals surface area contributed by atoms with Gasteiger partial charge in [-0.05, 0) is 30.3 Å². The highest BCUT2D eigenvalue weighted by molar-refractivity contribution is 7.99. The number of nitrogens with two attached hydrogens (primary N) is 1. The molecule has 0 aromatic rings. The predicted molar refractivity (Wildman–Crippen MR) is 69.9 cm³/mol. The first-order chi connectivity index (χ1) is 7.86. The second kappa shape index (κ2) is 6.24. The van der Waals surface area contributed by atoms with Crippen molar-refractivity contribution in [2.24, 2.45) is 11.7 Å². The van der Waals surface area contributed by atoms with E-state index in [9.17, 15) is 0 Å². The van der Waals surface area contributed by atoms with Crippen LogP contribution in [-0.2, 0) is 4.74 Å². The summed E-state index contributed by atoms with van der Waals surface area (Å²) in [5, 5.41) is 0. The standard InChI is InChI=1S/C12H24N2OS/c1-2-11-8-15-5-4-14(11)12(7-13)10-3-6-16-9-10/h10-12H,2-9,13H2,1H3. The van der Waals surface area contributed by atoms with Crippen LogP contribution in [0.4, 0.5) is 0 Å². The fourth-order valence-corrected chi connectivity index (χ4v) is 4.24. The molecular formula is C12H24N2OS. The SMILES string of the molecule is CCC1COCCN1C(CN)C1CCSC1. The van der Waals surface area contributed by atoms with Gasteiger partial charge in [0.1, 0.15) is 0 Å². The molecular weight excluding hydrogens is 220 g/mol. The number of hydrogen-bond donors (Lipinski definition) is 1. The van der Waals surface area contributed by atoms with E-state index in [2.05, 4.69) is 23.6 Å². The van der Waals surface area contributed by atoms with Crippen molar-refractivity contribution in [3.8, 4) is 0 Å². The summed E-state index contributed by atoms with van der Waals surface area (Å²) in [4.78, 5) is 2.63. The zero-order valence-corrected chi connectivity index (χ0v) is 11.0. The van der Waals surface area contributed by atoms with Crippen LogP contribution >= 0.6 is 11.8 Å². The molecule has 2 rings (SSSR count). The Bertz CT molecular complexity index is 207. The summed E-state index contributed by atoms with van der Waals surface area (Å²) in [6.45, 7) is 5.91. The van der Waals surface area contributed by atoms with Crippen LogP contribution in [0.15, 0.2) is 0 Å². The molecule has 16 heavy (non-hydrogen) atoms. The second-order valence-electron chi connectivity index (χ2n) is 4.80. The molecule has 0 spiro atoms. The number of hydrogen-bond acceptors (Lipinski definition) is 4. The number of rotatable bonds is 4. The van der Waals surface area contributed by atoms with Crippen molar-refractivity contribution in [3.63, 3.8) is 0 Å². The maximum absolute atomic E-state index is 6.01. The lowest BCUT2D eigenvalue weighted by Crippen LogP contribution is -2.55. The quantitative estimate of drug-likeness (QED) is 0.806. The first-order valence-electron chi connectivity index (χ1n) is 6.48. The summed E-state index contributed by atoms with van der Waals surface area (Å²) < 4.78 is 5.57. The molecule has 2 aliphatic heterocycles. The van der Waals surface area contributed by atoms with Gasteiger partial charge in [-0.25, -0.2) is 0 Å². The lowest BCUT2D eigenvalue weighted by atomic mass is 9.95. The van der Waals surface area contributed by atoms with Crippen LogP contribution in [0.3, 0.4) is 0 Å². The van der Waals surface area contributed by atoms with E-state index in [-0.39, 0.29) is 0 Å². The number of morpholine rings is 1. The molecule has 2 N–H and O–H groups in total. The van der Waals surface area contributed by atoms with Crippen LogP contribution in [0.2, 0.25) is 0 Å². The van der Waals surface area contributed by atoms with Gasteiger partial charge in [0.2, 0.25) is 0 Å². The molecule has 2 fully saturated rings. The minimum absolute atomic E-state index is 0.587. The van der Waals surface area contributed by atoms with Crippen LogP contribution in [0.25, 0.3) is 0 Å². The Labute approximate surface area is 103 Å². The summed E-state index contributed by atoms with van der Waals surface area (Å²) in [5.41, 5.74) is 6.01. The highest BCUT2D eigenvalue weighted by atomic mass is 32.2. The molecule has 0 aromatic carbocycles. The highest BCUT2D eigenvalue weighted by Crippen LogP contribution is 2.30. The maximum atomic E-state index is 6.01. The summed E-state index contributed by atoms with van der Waals surface area (Å²) >= 11 is 2.09. The van der Waals surface area contributed by atoms with E-state index in [4.69, 9.17) is 10.5 Å². The van der Waals surface area contributed by atoms with E-state index in [0.29, 0.717) is 12.1 Å². The molecule has 0 bridgehead atoms. The van der Waals surface area contributed by atoms with Crippen molar-refractivity contribution >= 4 is 11.8 Å². The van der Waals surface area contributed by atoms with Crippen LogP contribution in [0.1, 0.15) is 19.8 Å². The average molecular weight is 244 g/mol. The zero-order chi connectivity index (χ0) is 11.4. The third kappa shape index (κ3) is 2.73. The van der Waals surface area contributed by atoms with Gasteiger partial charge in [0.15, 0.2) is 0 Å². The topological polar surface area (TPSA) is 38.5 Å². The predicted octanol–water partition coefficient (Wildman–Crippen LogP) is 1.18. The molecule has 2 aliphatic rings. The fraction of sp³-hybridized carbons (Fsp3) is 1.00. The Morgan fingerprint density at radius 2 is 2.44 bits per heavy atom. The van der Waals surface area contributed by atoms with E-state index in [1.165, 1.54) is 24.3 Å². The van der Waals surface area contributed by atoms with Crippen molar-refractivity contribution in [2.45, 2.75) is 31.8 Å². The Kier molecular flexibility index (Phi) is 4.95. The Balaban J connectivity index is 1.99. The van der Waals surface area contributed by atoms with Gasteiger partial charge in [0, 0.05) is 25.2 Å². The van der Waals surface area contributed by atoms with Gasteiger partial charge in [0.25, 0.3) is 0 Å². The van der Waals surface area contributed by atoms with E-state index < -0.39 is 0 Å². The first-order valence-corrected chi connectivity index (χ1v) is 7.63. The molecule has 0 aromatic heterocycles. The van der Waals surface area contributed by atoms with Gasteiger partial charge >= 0.3 is 0 Å². The van der Waals surface area contributed by atoms with Gasteiger partial charge < -0.3 is 10.5 Å². The Morgan fingerprint density at radius 3 is 3.06 bits per heavy atom. The molecule has 3 atom stereocenters. The van der Waals surface area contributed by atoms with Gasteiger partial charge in [-0.2, -0.15) is 11.8 Å². The zero-order valence-electron chi connectivity index (χ0n) is 10.2. The smallest absolute Gasteiger partial charge is 0.0622 e. The minimum atomic E-state index is 0.587. The number of nitrogens with zero attached hydrogens (tertiary/aromatic N) is 1. The largest absolute Gasteiger partial charge is 0.378 e. The molecule has 0 aliphatic carbocycles. The van der Waals surface area contributed by atoms with Crippen molar-refractivity contribution in [1.82, 2.24) is 4.90 Å². The molecule has 2 heterocycles. The number of ether oxygens (including phenoxy) is 1. The van der Waals surface area contributed by atoms with Gasteiger partial charge in [0.05, 0.1) is 13.2 Å². The Hall–Kier alpha value is 0.230. The average Bonchev–Trinajstić information content (AvgIpc) is 2.84. The third-order valence-electron chi connectivity index (χ3n) is 3.92. The van der Waals surface area contributed by atoms with Gasteiger partial charge in [-0.15, -0.1) is 0 Å². The fourth-order valence-electron chi connectivity index (χ4n) is 2.91. The first kappa shape index (κ1) is 12.7. The molecule has 3 nitrogen and oxygen atoms in total. The third-order valence-corrected chi connectivity index (χ3v) is 5.11. The lowest BCUT2D eigenvalue weighted by Gasteiger charge is -2.42. The lowest BCUT2D eigenvalue weighted by molar-refractivity contribution is -0.0380. The van der Waals surface area contributed by atoms with E-state index >= 15 is 0 Å². The van der Waals surface area contributed by atoms with E-state index in [0.717, 1.165) is 32.2 Å². The summed E-state index contributed by atoms with van der Waals surface area (Å²) in [6.07, 6.45) is 2.52. The minimum Gasteiger partial charge on any atom is -0.378 e. The summed E-state index contributed by atoms with van der Waals surface area (Å²) in [6, 6.07) is 1.18. The molecule has 4 heteroatoms. The molecule has 0 amide bonds. The van der Waals surface area contributed by atoms with Crippen molar-refractivity contribution in [1.29, 1.82) is 0 Å². The van der Waals surface area contributed by atoms with Crippen molar-refractivity contribution in [2.75, 3.05) is 37.8 Å². The molecule has 2 saturated heterocycles. The highest BCUT2D eigenvalue weighted by Gasteiger charge is 2.34. The van der Waals surface area contributed by atoms with E-state index in [1.54, 1.807) is 0 Å².